The lowest BCUT2D eigenvalue weighted by atomic mass is 10.2. The second kappa shape index (κ2) is 8.50. The van der Waals surface area contributed by atoms with Crippen LogP contribution >= 0.6 is 33.3 Å². The van der Waals surface area contributed by atoms with Gasteiger partial charge in [0.25, 0.3) is 0 Å². The van der Waals surface area contributed by atoms with Crippen molar-refractivity contribution in [3.63, 3.8) is 0 Å². The quantitative estimate of drug-likeness (QED) is 0.302. The highest BCUT2D eigenvalue weighted by Crippen LogP contribution is 2.38. The predicted molar refractivity (Wildman–Crippen MR) is 91.2 cm³/mol. The van der Waals surface area contributed by atoms with Gasteiger partial charge < -0.3 is 15.3 Å². The van der Waals surface area contributed by atoms with Gasteiger partial charge in [-0.1, -0.05) is 51.9 Å². The molecular formula is C15H14O4S3. The molecule has 0 aliphatic heterocycles. The summed E-state index contributed by atoms with van der Waals surface area (Å²) >= 11 is 1.48. The molecule has 0 heterocycles. The first-order valence-electron chi connectivity index (χ1n) is 6.29. The number of hydrogen-bond donors (Lipinski definition) is 3. The Labute approximate surface area is 140 Å². The number of carboxylic acid groups (broad SMARTS) is 1. The molecule has 0 spiro atoms. The van der Waals surface area contributed by atoms with E-state index in [2.05, 4.69) is 0 Å². The number of aromatic carboxylic acids is 1. The Balaban J connectivity index is 1.92. The van der Waals surface area contributed by atoms with Gasteiger partial charge in [-0.15, -0.1) is 11.8 Å². The van der Waals surface area contributed by atoms with E-state index in [0.29, 0.717) is 15.5 Å². The molecule has 22 heavy (non-hydrogen) atoms. The van der Waals surface area contributed by atoms with Crippen molar-refractivity contribution in [2.45, 2.75) is 16.1 Å². The van der Waals surface area contributed by atoms with Gasteiger partial charge in [0.15, 0.2) is 6.29 Å². The summed E-state index contributed by atoms with van der Waals surface area (Å²) in [6.07, 6.45) is -1.49. The SMILES string of the molecule is O=C(O)c1ccccc1SSCSc1ccccc1C(O)O. The average molecular weight is 354 g/mol. The maximum absolute atomic E-state index is 11.1. The Morgan fingerprint density at radius 1 is 1.00 bits per heavy atom. The summed E-state index contributed by atoms with van der Waals surface area (Å²) in [6, 6.07) is 14.0. The molecule has 0 atom stereocenters. The minimum absolute atomic E-state index is 0.288. The third-order valence-corrected chi connectivity index (χ3v) is 6.68. The number of aliphatic hydroxyl groups excluding tert-OH is 1. The van der Waals surface area contributed by atoms with Gasteiger partial charge in [0.05, 0.1) is 10.6 Å². The van der Waals surface area contributed by atoms with E-state index in [1.165, 1.54) is 33.3 Å². The number of rotatable bonds is 7. The Hall–Kier alpha value is -1.12. The first kappa shape index (κ1) is 17.2. The summed E-state index contributed by atoms with van der Waals surface area (Å²) in [5.74, 6) is -0.940. The lowest BCUT2D eigenvalue weighted by Gasteiger charge is -2.10. The molecule has 0 aromatic heterocycles. The van der Waals surface area contributed by atoms with Crippen molar-refractivity contribution in [2.75, 3.05) is 5.08 Å². The molecule has 2 aromatic carbocycles. The monoisotopic (exact) mass is 354 g/mol. The van der Waals surface area contributed by atoms with Gasteiger partial charge in [-0.25, -0.2) is 4.79 Å². The first-order chi connectivity index (χ1) is 10.6. The molecule has 0 aliphatic carbocycles. The van der Waals surface area contributed by atoms with Crippen LogP contribution in [0.3, 0.4) is 0 Å². The Bertz CT molecular complexity index is 646. The van der Waals surface area contributed by atoms with Crippen LogP contribution in [-0.2, 0) is 0 Å². The van der Waals surface area contributed by atoms with Gasteiger partial charge in [0.2, 0.25) is 0 Å². The molecule has 3 N–H and O–H groups in total. The zero-order valence-corrected chi connectivity index (χ0v) is 13.8. The molecule has 116 valence electrons. The number of thioether (sulfide) groups is 1. The van der Waals surface area contributed by atoms with Crippen molar-refractivity contribution in [3.8, 4) is 0 Å². The molecule has 2 aromatic rings. The topological polar surface area (TPSA) is 77.8 Å². The number of aliphatic hydroxyl groups is 2. The maximum Gasteiger partial charge on any atom is 0.336 e. The van der Waals surface area contributed by atoms with E-state index < -0.39 is 12.3 Å². The van der Waals surface area contributed by atoms with Crippen LogP contribution in [-0.4, -0.2) is 26.4 Å². The third kappa shape index (κ3) is 4.69. The fourth-order valence-electron chi connectivity index (χ4n) is 1.72. The van der Waals surface area contributed by atoms with Crippen molar-refractivity contribution in [2.24, 2.45) is 0 Å². The van der Waals surface area contributed by atoms with Crippen molar-refractivity contribution >= 4 is 39.3 Å². The summed E-state index contributed by atoms with van der Waals surface area (Å²) in [5, 5.41) is 28.4. The van der Waals surface area contributed by atoms with E-state index in [1.807, 2.05) is 12.1 Å². The summed E-state index contributed by atoms with van der Waals surface area (Å²) in [4.78, 5) is 12.6. The largest absolute Gasteiger partial charge is 0.478 e. The molecule has 2 rings (SSSR count). The number of hydrogen-bond acceptors (Lipinski definition) is 6. The molecular weight excluding hydrogens is 340 g/mol. The maximum atomic E-state index is 11.1. The fraction of sp³-hybridized carbons (Fsp3) is 0.133. The van der Waals surface area contributed by atoms with Crippen LogP contribution in [0.4, 0.5) is 0 Å². The van der Waals surface area contributed by atoms with E-state index in [4.69, 9.17) is 5.11 Å². The summed E-state index contributed by atoms with van der Waals surface area (Å²) < 4.78 is 0. The number of carboxylic acids is 1. The van der Waals surface area contributed by atoms with Gasteiger partial charge in [-0.05, 0) is 18.2 Å². The van der Waals surface area contributed by atoms with Crippen LogP contribution in [0.5, 0.6) is 0 Å². The van der Waals surface area contributed by atoms with Crippen LogP contribution in [0.25, 0.3) is 0 Å². The van der Waals surface area contributed by atoms with E-state index in [0.717, 1.165) is 4.90 Å². The highest BCUT2D eigenvalue weighted by molar-refractivity contribution is 8.78. The van der Waals surface area contributed by atoms with Crippen LogP contribution in [0.15, 0.2) is 58.3 Å². The van der Waals surface area contributed by atoms with E-state index in [9.17, 15) is 15.0 Å². The zero-order valence-electron chi connectivity index (χ0n) is 11.4. The highest BCUT2D eigenvalue weighted by atomic mass is 33.1. The van der Waals surface area contributed by atoms with E-state index in [-0.39, 0.29) is 5.56 Å². The van der Waals surface area contributed by atoms with Crippen LogP contribution < -0.4 is 0 Å². The second-order valence-electron chi connectivity index (χ2n) is 4.18. The van der Waals surface area contributed by atoms with Gasteiger partial charge in [0, 0.05) is 15.4 Å². The van der Waals surface area contributed by atoms with E-state index >= 15 is 0 Å². The minimum Gasteiger partial charge on any atom is -0.478 e. The molecule has 0 saturated carbocycles. The Morgan fingerprint density at radius 3 is 2.32 bits per heavy atom. The van der Waals surface area contributed by atoms with E-state index in [1.54, 1.807) is 36.4 Å². The molecule has 7 heteroatoms. The lowest BCUT2D eigenvalue weighted by molar-refractivity contribution is -0.0444. The molecule has 0 fully saturated rings. The second-order valence-corrected chi connectivity index (χ2v) is 7.90. The lowest BCUT2D eigenvalue weighted by Crippen LogP contribution is -1.97. The third-order valence-electron chi connectivity index (χ3n) is 2.73. The zero-order chi connectivity index (χ0) is 15.9. The highest BCUT2D eigenvalue weighted by Gasteiger charge is 2.11. The van der Waals surface area contributed by atoms with Crippen LogP contribution in [0, 0.1) is 0 Å². The number of benzene rings is 2. The fourth-order valence-corrected chi connectivity index (χ4v) is 5.31. The summed E-state index contributed by atoms with van der Waals surface area (Å²) in [7, 11) is 2.91. The van der Waals surface area contributed by atoms with Crippen molar-refractivity contribution in [1.29, 1.82) is 0 Å². The van der Waals surface area contributed by atoms with Crippen molar-refractivity contribution < 1.29 is 20.1 Å². The van der Waals surface area contributed by atoms with Gasteiger partial charge in [-0.2, -0.15) is 0 Å². The molecule has 0 unspecified atom stereocenters. The summed E-state index contributed by atoms with van der Waals surface area (Å²) in [6.45, 7) is 0. The van der Waals surface area contributed by atoms with Gasteiger partial charge in [0.1, 0.15) is 0 Å². The molecule has 0 amide bonds. The molecule has 0 saturated heterocycles. The first-order valence-corrected chi connectivity index (χ1v) is 9.59. The molecule has 0 radical (unpaired) electrons. The predicted octanol–water partition coefficient (Wildman–Crippen LogP) is 3.86. The van der Waals surface area contributed by atoms with Crippen molar-refractivity contribution in [3.05, 3.63) is 59.7 Å². The van der Waals surface area contributed by atoms with Gasteiger partial charge in [-0.3, -0.25) is 0 Å². The minimum atomic E-state index is -1.49. The van der Waals surface area contributed by atoms with Crippen molar-refractivity contribution in [1.82, 2.24) is 0 Å². The Kier molecular flexibility index (Phi) is 6.66. The molecule has 4 nitrogen and oxygen atoms in total. The number of carbonyl (C=O) groups is 1. The standard InChI is InChI=1S/C15H14O4S3/c16-14(17)10-5-1-3-7-12(10)20-9-21-22-13-8-4-2-6-11(13)15(18)19/h1-8,14,16-17H,9H2,(H,18,19). The van der Waals surface area contributed by atoms with Crippen LogP contribution in [0.1, 0.15) is 22.2 Å². The summed E-state index contributed by atoms with van der Waals surface area (Å²) in [5.41, 5.74) is 0.764. The van der Waals surface area contributed by atoms with Gasteiger partial charge >= 0.3 is 5.97 Å². The Morgan fingerprint density at radius 2 is 1.64 bits per heavy atom. The average Bonchev–Trinajstić information content (AvgIpc) is 2.52. The smallest absolute Gasteiger partial charge is 0.336 e. The normalized spacial score (nSPS) is 10.9. The molecule has 0 bridgehead atoms. The van der Waals surface area contributed by atoms with Crippen LogP contribution in [0.2, 0.25) is 0 Å². The molecule has 0 aliphatic rings.